The van der Waals surface area contributed by atoms with Gasteiger partial charge in [0.15, 0.2) is 0 Å². The number of nitrogens with one attached hydrogen (secondary N) is 1. The second-order valence-electron chi connectivity index (χ2n) is 4.86. The number of aromatic amines is 1. The van der Waals surface area contributed by atoms with Crippen LogP contribution in [0.3, 0.4) is 0 Å². The van der Waals surface area contributed by atoms with Gasteiger partial charge in [0, 0.05) is 6.07 Å². The van der Waals surface area contributed by atoms with E-state index < -0.39 is 17.6 Å². The molecular weight excluding hydrogens is 376 g/mol. The monoisotopic (exact) mass is 384 g/mol. The summed E-state index contributed by atoms with van der Waals surface area (Å²) in [6.07, 6.45) is -1.10. The molecule has 1 aromatic heterocycles. The van der Waals surface area contributed by atoms with Crippen molar-refractivity contribution in [1.29, 1.82) is 0 Å². The first kappa shape index (κ1) is 15.7. The molecule has 118 valence electrons. The lowest BCUT2D eigenvalue weighted by Gasteiger charge is -2.05. The number of aromatic nitrogens is 2. The van der Waals surface area contributed by atoms with Crippen LogP contribution in [0.15, 0.2) is 40.9 Å². The van der Waals surface area contributed by atoms with Crippen molar-refractivity contribution < 1.29 is 17.6 Å². The Balaban J connectivity index is 1.85. The van der Waals surface area contributed by atoms with E-state index in [1.807, 2.05) is 0 Å². The van der Waals surface area contributed by atoms with Crippen molar-refractivity contribution in [1.82, 2.24) is 9.97 Å². The van der Waals surface area contributed by atoms with Crippen LogP contribution >= 0.6 is 15.9 Å². The van der Waals surface area contributed by atoms with Gasteiger partial charge in [-0.2, -0.15) is 13.2 Å². The molecular formula is C16H9BrF4N2. The number of fused-ring (bicyclic) bond motifs is 1. The van der Waals surface area contributed by atoms with Crippen molar-refractivity contribution in [3.05, 3.63) is 63.6 Å². The summed E-state index contributed by atoms with van der Waals surface area (Å²) < 4.78 is 51.2. The summed E-state index contributed by atoms with van der Waals surface area (Å²) in [6, 6.07) is 7.66. The first-order valence-electron chi connectivity index (χ1n) is 6.53. The summed E-state index contributed by atoms with van der Waals surface area (Å²) in [5, 5.41) is 0. The molecule has 0 amide bonds. The highest BCUT2D eigenvalue weighted by atomic mass is 79.9. The molecule has 23 heavy (non-hydrogen) atoms. The topological polar surface area (TPSA) is 28.7 Å². The molecule has 0 saturated carbocycles. The van der Waals surface area contributed by atoms with Gasteiger partial charge >= 0.3 is 6.18 Å². The van der Waals surface area contributed by atoms with Crippen LogP contribution in [0.2, 0.25) is 0 Å². The third-order valence-electron chi connectivity index (χ3n) is 3.21. The Hall–Kier alpha value is -2.15. The standard InChI is InChI=1S/C16H9BrF4N2/c17-11-7-13-14(8-12(11)18)23-15(22-13)6-3-9-1-4-10(5-2-9)16(19,20)21/h1-8H,(H,22,23). The fourth-order valence-electron chi connectivity index (χ4n) is 2.06. The van der Waals surface area contributed by atoms with Crippen LogP contribution in [-0.4, -0.2) is 9.97 Å². The van der Waals surface area contributed by atoms with E-state index in [1.54, 1.807) is 18.2 Å². The zero-order valence-electron chi connectivity index (χ0n) is 11.5. The highest BCUT2D eigenvalue weighted by Crippen LogP contribution is 2.29. The molecule has 0 atom stereocenters. The normalized spacial score (nSPS) is 12.4. The number of hydrogen-bond acceptors (Lipinski definition) is 1. The Bertz CT molecular complexity index is 840. The van der Waals surface area contributed by atoms with Crippen LogP contribution in [0, 0.1) is 5.82 Å². The van der Waals surface area contributed by atoms with Gasteiger partial charge in [-0.05, 0) is 45.8 Å². The Morgan fingerprint density at radius 3 is 2.39 bits per heavy atom. The summed E-state index contributed by atoms with van der Waals surface area (Å²) in [4.78, 5) is 7.20. The van der Waals surface area contributed by atoms with Crippen molar-refractivity contribution in [2.75, 3.05) is 0 Å². The maximum Gasteiger partial charge on any atom is 0.416 e. The quantitative estimate of drug-likeness (QED) is 0.567. The minimum absolute atomic E-state index is 0.315. The van der Waals surface area contributed by atoms with Crippen LogP contribution in [0.4, 0.5) is 17.6 Å². The van der Waals surface area contributed by atoms with Crippen molar-refractivity contribution in [2.24, 2.45) is 0 Å². The summed E-state index contributed by atoms with van der Waals surface area (Å²) >= 11 is 3.09. The smallest absolute Gasteiger partial charge is 0.338 e. The van der Waals surface area contributed by atoms with Gasteiger partial charge in [0.25, 0.3) is 0 Å². The average molecular weight is 385 g/mol. The largest absolute Gasteiger partial charge is 0.416 e. The van der Waals surface area contributed by atoms with Crippen molar-refractivity contribution in [3.8, 4) is 0 Å². The SMILES string of the molecule is Fc1cc2[nH]c(C=Cc3ccc(C(F)(F)F)cc3)nc2cc1Br. The van der Waals surface area contributed by atoms with E-state index in [2.05, 4.69) is 25.9 Å². The fourth-order valence-corrected chi connectivity index (χ4v) is 2.39. The molecule has 0 aliphatic carbocycles. The fraction of sp³-hybridized carbons (Fsp3) is 0.0625. The number of imidazole rings is 1. The number of H-pyrrole nitrogens is 1. The lowest BCUT2D eigenvalue weighted by molar-refractivity contribution is -0.137. The van der Waals surface area contributed by atoms with Crippen molar-refractivity contribution >= 4 is 39.1 Å². The molecule has 0 fully saturated rings. The van der Waals surface area contributed by atoms with E-state index in [9.17, 15) is 17.6 Å². The van der Waals surface area contributed by atoms with Crippen LogP contribution < -0.4 is 0 Å². The Kier molecular flexibility index (Phi) is 3.97. The molecule has 1 N–H and O–H groups in total. The highest BCUT2D eigenvalue weighted by Gasteiger charge is 2.29. The first-order chi connectivity index (χ1) is 10.8. The third kappa shape index (κ3) is 3.44. The Morgan fingerprint density at radius 1 is 1.04 bits per heavy atom. The van der Waals surface area contributed by atoms with Gasteiger partial charge in [0.2, 0.25) is 0 Å². The van der Waals surface area contributed by atoms with Gasteiger partial charge in [-0.3, -0.25) is 0 Å². The minimum atomic E-state index is -4.35. The maximum atomic E-state index is 13.4. The van der Waals surface area contributed by atoms with Gasteiger partial charge in [-0.25, -0.2) is 9.37 Å². The molecule has 0 aliphatic rings. The molecule has 0 bridgehead atoms. The van der Waals surface area contributed by atoms with Gasteiger partial charge in [0.1, 0.15) is 11.6 Å². The lowest BCUT2D eigenvalue weighted by Crippen LogP contribution is -2.03. The summed E-state index contributed by atoms with van der Waals surface area (Å²) in [5.74, 6) is 0.0804. The van der Waals surface area contributed by atoms with Gasteiger partial charge in [-0.1, -0.05) is 18.2 Å². The van der Waals surface area contributed by atoms with E-state index in [0.717, 1.165) is 12.1 Å². The number of benzene rings is 2. The molecule has 3 rings (SSSR count). The number of halogens is 5. The Labute approximate surface area is 137 Å². The van der Waals surface area contributed by atoms with Crippen LogP contribution in [-0.2, 0) is 6.18 Å². The summed E-state index contributed by atoms with van der Waals surface area (Å²) in [6.45, 7) is 0. The zero-order valence-corrected chi connectivity index (χ0v) is 13.0. The van der Waals surface area contributed by atoms with Gasteiger partial charge in [-0.15, -0.1) is 0 Å². The molecule has 0 radical (unpaired) electrons. The van der Waals surface area contributed by atoms with Gasteiger partial charge < -0.3 is 4.98 Å². The van der Waals surface area contributed by atoms with E-state index >= 15 is 0 Å². The lowest BCUT2D eigenvalue weighted by atomic mass is 10.1. The molecule has 1 heterocycles. The highest BCUT2D eigenvalue weighted by molar-refractivity contribution is 9.10. The minimum Gasteiger partial charge on any atom is -0.338 e. The van der Waals surface area contributed by atoms with E-state index in [-0.39, 0.29) is 0 Å². The zero-order chi connectivity index (χ0) is 16.6. The van der Waals surface area contributed by atoms with Gasteiger partial charge in [0.05, 0.1) is 21.1 Å². The van der Waals surface area contributed by atoms with Crippen molar-refractivity contribution in [2.45, 2.75) is 6.18 Å². The number of nitrogens with zero attached hydrogens (tertiary/aromatic N) is 1. The molecule has 0 saturated heterocycles. The summed E-state index contributed by atoms with van der Waals surface area (Å²) in [5.41, 5.74) is 1.03. The molecule has 0 spiro atoms. The Morgan fingerprint density at radius 2 is 1.74 bits per heavy atom. The third-order valence-corrected chi connectivity index (χ3v) is 3.82. The number of alkyl halides is 3. The summed E-state index contributed by atoms with van der Waals surface area (Å²) in [7, 11) is 0. The van der Waals surface area contributed by atoms with Crippen LogP contribution in [0.25, 0.3) is 23.2 Å². The molecule has 3 aromatic rings. The van der Waals surface area contributed by atoms with E-state index in [4.69, 9.17) is 0 Å². The molecule has 7 heteroatoms. The predicted octanol–water partition coefficient (Wildman–Crippen LogP) is 5.65. The second kappa shape index (κ2) is 5.81. The predicted molar refractivity (Wildman–Crippen MR) is 84.1 cm³/mol. The molecule has 0 unspecified atom stereocenters. The van der Waals surface area contributed by atoms with E-state index in [0.29, 0.717) is 26.9 Å². The van der Waals surface area contributed by atoms with Crippen molar-refractivity contribution in [3.63, 3.8) is 0 Å². The number of rotatable bonds is 2. The second-order valence-corrected chi connectivity index (χ2v) is 5.71. The van der Waals surface area contributed by atoms with Crippen LogP contribution in [0.5, 0.6) is 0 Å². The molecule has 0 aliphatic heterocycles. The molecule has 2 aromatic carbocycles. The maximum absolute atomic E-state index is 13.4. The number of hydrogen-bond donors (Lipinski definition) is 1. The molecule has 2 nitrogen and oxygen atoms in total. The first-order valence-corrected chi connectivity index (χ1v) is 7.32. The average Bonchev–Trinajstić information content (AvgIpc) is 2.87. The van der Waals surface area contributed by atoms with E-state index in [1.165, 1.54) is 18.2 Å². The van der Waals surface area contributed by atoms with Crippen LogP contribution in [0.1, 0.15) is 17.0 Å².